The maximum absolute atomic E-state index is 14.1. The third kappa shape index (κ3) is 10.5. The van der Waals surface area contributed by atoms with Gasteiger partial charge in [0.2, 0.25) is 0 Å². The lowest BCUT2D eigenvalue weighted by atomic mass is 9.88. The molecule has 2 rings (SSSR count). The van der Waals surface area contributed by atoms with E-state index < -0.39 is 179 Å². The molecule has 6 nitrogen and oxygen atoms in total. The van der Waals surface area contributed by atoms with Crippen LogP contribution in [0.2, 0.25) is 0 Å². The number of rotatable bonds is 26. The van der Waals surface area contributed by atoms with E-state index in [-0.39, 0.29) is 11.8 Å². The van der Waals surface area contributed by atoms with Crippen molar-refractivity contribution in [2.75, 3.05) is 39.6 Å². The highest BCUT2D eigenvalue weighted by Crippen LogP contribution is 2.66. The molecular formula is C31H24F34N2O4. The molecule has 0 bridgehead atoms. The Labute approximate surface area is 370 Å². The first-order valence-electron chi connectivity index (χ1n) is 18.1. The number of ether oxygens (including phenoxy) is 4. The van der Waals surface area contributed by atoms with Gasteiger partial charge >= 0.3 is 95.3 Å². The summed E-state index contributed by atoms with van der Waals surface area (Å²) < 4.78 is 475. The van der Waals surface area contributed by atoms with E-state index in [2.05, 4.69) is 9.98 Å². The van der Waals surface area contributed by atoms with Crippen molar-refractivity contribution in [2.45, 2.75) is 139 Å². The zero-order chi connectivity index (χ0) is 56.3. The largest absolute Gasteiger partial charge is 0.478 e. The summed E-state index contributed by atoms with van der Waals surface area (Å²) in [4.78, 5) is 7.57. The van der Waals surface area contributed by atoms with E-state index in [1.165, 1.54) is 0 Å². The SMILES string of the molecule is FC(F)(F)C(F)(F)C(F)(F)C(F)(F)C(F)(F)C(F)(F)C(F)(F)C(F)(F)CCCOC[C@H]1COC(CC2=N[C@@H](COCCCC(F)(F)C(F)(F)C(F)(F)C(F)(F)C(F)(F)C(F)(F)C(F)(F)C(F)(F)F)CO2)=N1. The molecule has 0 unspecified atom stereocenters. The number of nitrogens with zero attached hydrogens (tertiary/aromatic N) is 2. The Kier molecular flexibility index (Phi) is 17.3. The topological polar surface area (TPSA) is 61.6 Å². The van der Waals surface area contributed by atoms with Crippen molar-refractivity contribution < 1.29 is 168 Å². The molecule has 2 aliphatic heterocycles. The first kappa shape index (κ1) is 63.6. The average Bonchev–Trinajstić information content (AvgIpc) is 3.84. The molecule has 0 aromatic rings. The minimum atomic E-state index is -8.80. The molecule has 0 radical (unpaired) electrons. The Morgan fingerprint density at radius 2 is 0.563 bits per heavy atom. The van der Waals surface area contributed by atoms with E-state index in [4.69, 9.17) is 18.9 Å². The van der Waals surface area contributed by atoms with Crippen molar-refractivity contribution in [3.05, 3.63) is 0 Å². The van der Waals surface area contributed by atoms with Gasteiger partial charge in [-0.25, -0.2) is 9.98 Å². The van der Waals surface area contributed by atoms with Crippen LogP contribution in [0.1, 0.15) is 32.1 Å². The van der Waals surface area contributed by atoms with Crippen LogP contribution in [0.5, 0.6) is 0 Å². The van der Waals surface area contributed by atoms with E-state index in [1.54, 1.807) is 0 Å². The molecule has 0 amide bonds. The highest BCUT2D eigenvalue weighted by molar-refractivity contribution is 5.98. The van der Waals surface area contributed by atoms with Crippen molar-refractivity contribution in [3.8, 4) is 0 Å². The third-order valence-electron chi connectivity index (χ3n) is 9.59. The lowest BCUT2D eigenvalue weighted by molar-refractivity contribution is -0.461. The first-order valence-corrected chi connectivity index (χ1v) is 18.1. The van der Waals surface area contributed by atoms with Crippen LogP contribution in [-0.2, 0) is 18.9 Å². The van der Waals surface area contributed by atoms with Crippen molar-refractivity contribution in [2.24, 2.45) is 9.98 Å². The van der Waals surface area contributed by atoms with Crippen molar-refractivity contribution in [1.82, 2.24) is 0 Å². The summed E-state index contributed by atoms with van der Waals surface area (Å²) in [5.41, 5.74) is 0. The second-order valence-corrected chi connectivity index (χ2v) is 14.8. The van der Waals surface area contributed by atoms with Crippen LogP contribution in [0.4, 0.5) is 149 Å². The number of hydrogen-bond donors (Lipinski definition) is 0. The first-order chi connectivity index (χ1) is 31.1. The second kappa shape index (κ2) is 19.3. The van der Waals surface area contributed by atoms with Crippen LogP contribution in [0.15, 0.2) is 9.98 Å². The minimum Gasteiger partial charge on any atom is -0.478 e. The Morgan fingerprint density at radius 3 is 0.803 bits per heavy atom. The van der Waals surface area contributed by atoms with Gasteiger partial charge < -0.3 is 18.9 Å². The van der Waals surface area contributed by atoms with Crippen LogP contribution in [0.3, 0.4) is 0 Å². The maximum atomic E-state index is 14.1. The number of alkyl halides is 34. The molecule has 0 aromatic heterocycles. The third-order valence-corrected chi connectivity index (χ3v) is 9.59. The molecule has 0 fully saturated rings. The van der Waals surface area contributed by atoms with Gasteiger partial charge in [-0.2, -0.15) is 149 Å². The second-order valence-electron chi connectivity index (χ2n) is 14.8. The van der Waals surface area contributed by atoms with Crippen molar-refractivity contribution in [3.63, 3.8) is 0 Å². The summed E-state index contributed by atoms with van der Waals surface area (Å²) in [6, 6.07) is -2.38. The highest BCUT2D eigenvalue weighted by atomic mass is 19.4. The van der Waals surface area contributed by atoms with Crippen LogP contribution < -0.4 is 0 Å². The molecule has 0 aromatic carbocycles. The van der Waals surface area contributed by atoms with Crippen LogP contribution in [0.25, 0.3) is 0 Å². The van der Waals surface area contributed by atoms with Gasteiger partial charge in [0.15, 0.2) is 11.8 Å². The van der Waals surface area contributed by atoms with E-state index in [1.807, 2.05) is 0 Å². The monoisotopic (exact) mass is 1130 g/mol. The number of halogens is 34. The molecule has 0 saturated carbocycles. The average molecular weight is 1130 g/mol. The van der Waals surface area contributed by atoms with Crippen molar-refractivity contribution >= 4 is 11.8 Å². The Hall–Kier alpha value is -3.52. The van der Waals surface area contributed by atoms with Gasteiger partial charge in [-0.15, -0.1) is 0 Å². The zero-order valence-electron chi connectivity index (χ0n) is 33.3. The predicted octanol–water partition coefficient (Wildman–Crippen LogP) is 12.6. The van der Waals surface area contributed by atoms with E-state index >= 15 is 0 Å². The van der Waals surface area contributed by atoms with Crippen molar-refractivity contribution in [1.29, 1.82) is 0 Å². The highest BCUT2D eigenvalue weighted by Gasteiger charge is 2.97. The normalized spacial score (nSPS) is 19.7. The standard InChI is InChI=1S/C31H24F34N2O4/c32-16(33,18(36,37)20(40,41)22(44,45)24(48,49)26(52,53)28(56,57)30(60,61)62)3-1-5-68-8-12-10-70-14(66-12)7-15-67-13(11-71-15)9-69-6-2-4-17(34,35)19(38,39)21(42,43)23(46,47)25(50,51)27(54,55)29(58,59)31(63,64)65/h12-13H,1-11H2/t12-,13-/m0/s1. The lowest BCUT2D eigenvalue weighted by Crippen LogP contribution is -2.74. The molecule has 0 spiro atoms. The zero-order valence-corrected chi connectivity index (χ0v) is 33.3. The molecular weight excluding hydrogens is 1110 g/mol. The molecule has 0 aliphatic carbocycles. The van der Waals surface area contributed by atoms with E-state index in [0.717, 1.165) is 0 Å². The van der Waals surface area contributed by atoms with Gasteiger partial charge in [0.1, 0.15) is 25.3 Å². The maximum Gasteiger partial charge on any atom is 0.460 e. The van der Waals surface area contributed by atoms with Crippen LogP contribution in [-0.4, -0.2) is 159 Å². The summed E-state index contributed by atoms with van der Waals surface area (Å²) in [5.74, 6) is -116. The Morgan fingerprint density at radius 1 is 0.338 bits per heavy atom. The Balaban J connectivity index is 1.94. The minimum absolute atomic E-state index is 0.343. The summed E-state index contributed by atoms with van der Waals surface area (Å²) in [6.07, 6.45) is -25.2. The van der Waals surface area contributed by atoms with Crippen LogP contribution in [0, 0.1) is 0 Å². The molecule has 2 heterocycles. The number of aliphatic imine (C=N–C) groups is 2. The van der Waals surface area contributed by atoms with Gasteiger partial charge in [-0.1, -0.05) is 0 Å². The summed E-state index contributed by atoms with van der Waals surface area (Å²) in [7, 11) is 0. The smallest absolute Gasteiger partial charge is 0.460 e. The fraction of sp³-hybridized carbons (Fsp3) is 0.935. The van der Waals surface area contributed by atoms with Crippen LogP contribution >= 0.6 is 0 Å². The summed E-state index contributed by atoms with van der Waals surface area (Å²) in [6.45, 7) is -5.11. The quantitative estimate of drug-likeness (QED) is 0.0640. The summed E-state index contributed by atoms with van der Waals surface area (Å²) >= 11 is 0. The molecule has 71 heavy (non-hydrogen) atoms. The molecule has 0 N–H and O–H groups in total. The Bertz CT molecular complexity index is 1760. The summed E-state index contributed by atoms with van der Waals surface area (Å²) in [5, 5.41) is 0. The fourth-order valence-corrected chi connectivity index (χ4v) is 5.37. The van der Waals surface area contributed by atoms with E-state index in [9.17, 15) is 149 Å². The number of hydrogen-bond acceptors (Lipinski definition) is 6. The van der Waals surface area contributed by atoms with Gasteiger partial charge in [-0.3, -0.25) is 0 Å². The fourth-order valence-electron chi connectivity index (χ4n) is 5.37. The van der Waals surface area contributed by atoms with E-state index in [0.29, 0.717) is 0 Å². The van der Waals surface area contributed by atoms with Gasteiger partial charge in [0, 0.05) is 26.1 Å². The molecule has 0 saturated heterocycles. The predicted molar refractivity (Wildman–Crippen MR) is 160 cm³/mol. The van der Waals surface area contributed by atoms with Gasteiger partial charge in [0.05, 0.1) is 19.6 Å². The molecule has 420 valence electrons. The van der Waals surface area contributed by atoms with Gasteiger partial charge in [-0.05, 0) is 12.8 Å². The lowest BCUT2D eigenvalue weighted by Gasteiger charge is -2.42. The molecule has 40 heteroatoms. The molecule has 2 aliphatic rings. The van der Waals surface area contributed by atoms with Gasteiger partial charge in [0.25, 0.3) is 0 Å². The molecule has 2 atom stereocenters.